The molecule has 0 aliphatic rings. The van der Waals surface area contributed by atoms with E-state index in [9.17, 15) is 9.59 Å². The van der Waals surface area contributed by atoms with E-state index in [1.54, 1.807) is 29.2 Å². The summed E-state index contributed by atoms with van der Waals surface area (Å²) >= 11 is 18.6. The lowest BCUT2D eigenvalue weighted by atomic mass is 10.1. The Morgan fingerprint density at radius 1 is 1.00 bits per heavy atom. The van der Waals surface area contributed by atoms with Gasteiger partial charge in [0.05, 0.1) is 6.42 Å². The molecular weight excluding hydrogens is 443 g/mol. The van der Waals surface area contributed by atoms with Crippen LogP contribution in [0.15, 0.2) is 42.5 Å². The van der Waals surface area contributed by atoms with Crippen LogP contribution in [0.2, 0.25) is 15.1 Å². The summed E-state index contributed by atoms with van der Waals surface area (Å²) in [5, 5.41) is 4.44. The van der Waals surface area contributed by atoms with E-state index in [2.05, 4.69) is 12.2 Å². The van der Waals surface area contributed by atoms with E-state index in [0.29, 0.717) is 28.0 Å². The fourth-order valence-corrected chi connectivity index (χ4v) is 3.84. The van der Waals surface area contributed by atoms with Gasteiger partial charge in [-0.1, -0.05) is 79.3 Å². The van der Waals surface area contributed by atoms with Gasteiger partial charge in [0.2, 0.25) is 11.8 Å². The molecule has 2 rings (SSSR count). The second-order valence-electron chi connectivity index (χ2n) is 7.09. The number of carbonyl (C=O) groups excluding carboxylic acids is 2. The van der Waals surface area contributed by atoms with E-state index in [1.807, 2.05) is 25.1 Å². The van der Waals surface area contributed by atoms with Gasteiger partial charge in [-0.05, 0) is 42.2 Å². The lowest BCUT2D eigenvalue weighted by Crippen LogP contribution is -2.49. The fraction of sp³-hybridized carbons (Fsp3) is 0.391. The number of hydrogen-bond acceptors (Lipinski definition) is 2. The maximum atomic E-state index is 13.3. The Bertz CT molecular complexity index is 873. The molecule has 0 spiro atoms. The highest BCUT2D eigenvalue weighted by atomic mass is 35.5. The van der Waals surface area contributed by atoms with Crippen molar-refractivity contribution in [1.82, 2.24) is 10.2 Å². The standard InChI is InChI=1S/C23H27Cl3N2O2/c1-3-5-12-27-23(30)21(4-2)28(15-17-10-11-18(24)14-20(17)26)22(29)13-16-8-6-7-9-19(16)25/h6-11,14,21H,3-5,12-13,15H2,1-2H3,(H,27,30)/t21-/m0/s1. The molecule has 0 unspecified atom stereocenters. The van der Waals surface area contributed by atoms with Gasteiger partial charge in [-0.25, -0.2) is 0 Å². The Morgan fingerprint density at radius 2 is 1.73 bits per heavy atom. The lowest BCUT2D eigenvalue weighted by Gasteiger charge is -2.31. The van der Waals surface area contributed by atoms with Crippen molar-refractivity contribution in [2.24, 2.45) is 0 Å². The second-order valence-corrected chi connectivity index (χ2v) is 8.35. The van der Waals surface area contributed by atoms with Gasteiger partial charge in [0.25, 0.3) is 0 Å². The third-order valence-corrected chi connectivity index (χ3v) is 5.83. The first-order chi connectivity index (χ1) is 14.4. The first-order valence-corrected chi connectivity index (χ1v) is 11.2. The molecule has 1 N–H and O–H groups in total. The number of amides is 2. The number of unbranched alkanes of at least 4 members (excludes halogenated alkanes) is 1. The molecule has 1 atom stereocenters. The zero-order valence-electron chi connectivity index (χ0n) is 17.3. The third kappa shape index (κ3) is 6.90. The summed E-state index contributed by atoms with van der Waals surface area (Å²) in [6, 6.07) is 11.8. The Balaban J connectivity index is 2.30. The molecule has 162 valence electrons. The first kappa shape index (κ1) is 24.5. The molecule has 2 amide bonds. The second kappa shape index (κ2) is 12.2. The van der Waals surface area contributed by atoms with E-state index in [4.69, 9.17) is 34.8 Å². The summed E-state index contributed by atoms with van der Waals surface area (Å²) in [4.78, 5) is 27.7. The van der Waals surface area contributed by atoms with Gasteiger partial charge < -0.3 is 10.2 Å². The quantitative estimate of drug-likeness (QED) is 0.440. The van der Waals surface area contributed by atoms with Crippen LogP contribution in [0.1, 0.15) is 44.2 Å². The van der Waals surface area contributed by atoms with E-state index >= 15 is 0 Å². The van der Waals surface area contributed by atoms with E-state index in [1.165, 1.54) is 0 Å². The van der Waals surface area contributed by atoms with Gasteiger partial charge >= 0.3 is 0 Å². The molecule has 2 aromatic carbocycles. The summed E-state index contributed by atoms with van der Waals surface area (Å²) in [7, 11) is 0. The average molecular weight is 470 g/mol. The first-order valence-electron chi connectivity index (χ1n) is 10.1. The van der Waals surface area contributed by atoms with Crippen LogP contribution in [0.3, 0.4) is 0 Å². The Kier molecular flexibility index (Phi) is 9.96. The van der Waals surface area contributed by atoms with E-state index in [-0.39, 0.29) is 24.8 Å². The van der Waals surface area contributed by atoms with Crippen molar-refractivity contribution in [2.45, 2.75) is 52.1 Å². The Labute approximate surface area is 193 Å². The van der Waals surface area contributed by atoms with Crippen molar-refractivity contribution in [3.8, 4) is 0 Å². The predicted octanol–water partition coefficient (Wildman–Crippen LogP) is 5.91. The van der Waals surface area contributed by atoms with E-state index in [0.717, 1.165) is 24.0 Å². The maximum absolute atomic E-state index is 13.3. The van der Waals surface area contributed by atoms with E-state index < -0.39 is 6.04 Å². The molecular formula is C23H27Cl3N2O2. The van der Waals surface area contributed by atoms with Crippen LogP contribution in [-0.4, -0.2) is 29.3 Å². The zero-order chi connectivity index (χ0) is 22.1. The molecule has 0 saturated carbocycles. The molecule has 0 aliphatic heterocycles. The van der Waals surface area contributed by atoms with Crippen LogP contribution in [-0.2, 0) is 22.6 Å². The monoisotopic (exact) mass is 468 g/mol. The topological polar surface area (TPSA) is 49.4 Å². The van der Waals surface area contributed by atoms with Crippen molar-refractivity contribution < 1.29 is 9.59 Å². The molecule has 0 radical (unpaired) electrons. The molecule has 0 bridgehead atoms. The summed E-state index contributed by atoms with van der Waals surface area (Å²) < 4.78 is 0. The molecule has 30 heavy (non-hydrogen) atoms. The number of nitrogens with one attached hydrogen (secondary N) is 1. The van der Waals surface area contributed by atoms with Crippen LogP contribution in [0.5, 0.6) is 0 Å². The number of benzene rings is 2. The number of rotatable bonds is 10. The number of nitrogens with zero attached hydrogens (tertiary/aromatic N) is 1. The van der Waals surface area contributed by atoms with Crippen molar-refractivity contribution in [3.05, 3.63) is 68.7 Å². The molecule has 0 aliphatic carbocycles. The fourth-order valence-electron chi connectivity index (χ4n) is 3.17. The SMILES string of the molecule is CCCCNC(=O)[C@H](CC)N(Cc1ccc(Cl)cc1Cl)C(=O)Cc1ccccc1Cl. The molecule has 0 aromatic heterocycles. The van der Waals surface area contributed by atoms with Crippen molar-refractivity contribution in [3.63, 3.8) is 0 Å². The normalized spacial score (nSPS) is 11.8. The molecule has 0 heterocycles. The number of hydrogen-bond donors (Lipinski definition) is 1. The predicted molar refractivity (Wildman–Crippen MR) is 124 cm³/mol. The third-order valence-electron chi connectivity index (χ3n) is 4.87. The minimum Gasteiger partial charge on any atom is -0.354 e. The van der Waals surface area contributed by atoms with Crippen molar-refractivity contribution >= 4 is 46.6 Å². The minimum atomic E-state index is -0.608. The zero-order valence-corrected chi connectivity index (χ0v) is 19.5. The summed E-state index contributed by atoms with van der Waals surface area (Å²) in [5.41, 5.74) is 1.45. The van der Waals surface area contributed by atoms with Gasteiger partial charge in [-0.3, -0.25) is 9.59 Å². The molecule has 2 aromatic rings. The summed E-state index contributed by atoms with van der Waals surface area (Å²) in [5.74, 6) is -0.352. The van der Waals surface area contributed by atoms with Crippen LogP contribution in [0, 0.1) is 0 Å². The van der Waals surface area contributed by atoms with Crippen LogP contribution in [0.4, 0.5) is 0 Å². The van der Waals surface area contributed by atoms with Gasteiger partial charge in [-0.2, -0.15) is 0 Å². The molecule has 7 heteroatoms. The highest BCUT2D eigenvalue weighted by molar-refractivity contribution is 6.35. The molecule has 4 nitrogen and oxygen atoms in total. The highest BCUT2D eigenvalue weighted by Gasteiger charge is 2.29. The van der Waals surface area contributed by atoms with Crippen LogP contribution >= 0.6 is 34.8 Å². The smallest absolute Gasteiger partial charge is 0.242 e. The van der Waals surface area contributed by atoms with Crippen LogP contribution < -0.4 is 5.32 Å². The minimum absolute atomic E-state index is 0.101. The molecule has 0 fully saturated rings. The summed E-state index contributed by atoms with van der Waals surface area (Å²) in [6.07, 6.45) is 2.45. The largest absolute Gasteiger partial charge is 0.354 e. The van der Waals surface area contributed by atoms with Gasteiger partial charge in [0.1, 0.15) is 6.04 Å². The highest BCUT2D eigenvalue weighted by Crippen LogP contribution is 2.25. The van der Waals surface area contributed by atoms with Gasteiger partial charge in [0.15, 0.2) is 0 Å². The maximum Gasteiger partial charge on any atom is 0.242 e. The van der Waals surface area contributed by atoms with Gasteiger partial charge in [-0.15, -0.1) is 0 Å². The van der Waals surface area contributed by atoms with Crippen molar-refractivity contribution in [1.29, 1.82) is 0 Å². The lowest BCUT2D eigenvalue weighted by molar-refractivity contribution is -0.140. The Hall–Kier alpha value is -1.75. The Morgan fingerprint density at radius 3 is 2.37 bits per heavy atom. The molecule has 0 saturated heterocycles. The van der Waals surface area contributed by atoms with Crippen LogP contribution in [0.25, 0.3) is 0 Å². The number of halogens is 3. The van der Waals surface area contributed by atoms with Crippen molar-refractivity contribution in [2.75, 3.05) is 6.54 Å². The average Bonchev–Trinajstić information content (AvgIpc) is 2.71. The number of carbonyl (C=O) groups is 2. The van der Waals surface area contributed by atoms with Gasteiger partial charge in [0, 0.05) is 28.2 Å². The summed E-state index contributed by atoms with van der Waals surface area (Å²) in [6.45, 7) is 4.74.